The second-order valence-corrected chi connectivity index (χ2v) is 10.2. The maximum Gasteiger partial charge on any atom is 0.309 e. The van der Waals surface area contributed by atoms with E-state index in [4.69, 9.17) is 4.74 Å². The lowest BCUT2D eigenvalue weighted by molar-refractivity contribution is -0.148. The van der Waals surface area contributed by atoms with Crippen LogP contribution in [0.1, 0.15) is 45.5 Å². The quantitative estimate of drug-likeness (QED) is 0.502. The lowest BCUT2D eigenvalue weighted by Gasteiger charge is -2.30. The summed E-state index contributed by atoms with van der Waals surface area (Å²) in [5, 5.41) is 0. The van der Waals surface area contributed by atoms with E-state index in [1.807, 2.05) is 39.8 Å². The Kier molecular flexibility index (Phi) is 6.96. The summed E-state index contributed by atoms with van der Waals surface area (Å²) in [7, 11) is -3.59. The van der Waals surface area contributed by atoms with E-state index in [2.05, 4.69) is 0 Å². The number of hydrogen-bond acceptors (Lipinski definition) is 5. The minimum atomic E-state index is -3.59. The topological polar surface area (TPSA) is 80.8 Å². The Hall–Kier alpha value is -2.51. The Balaban J connectivity index is 1.56. The van der Waals surface area contributed by atoms with Gasteiger partial charge in [-0.3, -0.25) is 9.59 Å². The highest BCUT2D eigenvalue weighted by Gasteiger charge is 2.33. The zero-order valence-corrected chi connectivity index (χ0v) is 19.3. The molecule has 0 spiro atoms. The van der Waals surface area contributed by atoms with Crippen molar-refractivity contribution >= 4 is 21.8 Å². The van der Waals surface area contributed by atoms with Crippen molar-refractivity contribution in [3.63, 3.8) is 0 Å². The molecule has 0 amide bonds. The Morgan fingerprint density at radius 1 is 0.935 bits per heavy atom. The van der Waals surface area contributed by atoms with Crippen molar-refractivity contribution < 1.29 is 22.7 Å². The molecule has 0 atom stereocenters. The molecule has 1 fully saturated rings. The third-order valence-corrected chi connectivity index (χ3v) is 7.84. The average Bonchev–Trinajstić information content (AvgIpc) is 2.75. The van der Waals surface area contributed by atoms with Gasteiger partial charge in [0.15, 0.2) is 6.61 Å². The normalized spacial score (nSPS) is 15.6. The summed E-state index contributed by atoms with van der Waals surface area (Å²) >= 11 is 0. The standard InChI is InChI=1S/C24H29NO5S/c1-16-5-6-18(3)22(13-16)23(26)15-30-24(27)20-9-11-25(12-10-20)31(28,29)21-8-7-17(2)19(4)14-21/h5-8,13-14,20H,9-12,15H2,1-4H3. The Labute approximate surface area is 184 Å². The van der Waals surface area contributed by atoms with Gasteiger partial charge in [0, 0.05) is 18.7 Å². The molecule has 0 saturated carbocycles. The highest BCUT2D eigenvalue weighted by Crippen LogP contribution is 2.26. The number of Topliss-reactive ketones (excluding diaryl/α,β-unsaturated/α-hetero) is 1. The molecule has 0 radical (unpaired) electrons. The highest BCUT2D eigenvalue weighted by atomic mass is 32.2. The van der Waals surface area contributed by atoms with Crippen molar-refractivity contribution in [3.05, 3.63) is 64.2 Å². The van der Waals surface area contributed by atoms with E-state index in [-0.39, 0.29) is 30.4 Å². The van der Waals surface area contributed by atoms with Crippen molar-refractivity contribution in [1.82, 2.24) is 4.31 Å². The first kappa shape index (κ1) is 23.2. The van der Waals surface area contributed by atoms with Crippen LogP contribution in [0.3, 0.4) is 0 Å². The zero-order chi connectivity index (χ0) is 22.8. The van der Waals surface area contributed by atoms with Crippen molar-refractivity contribution in [1.29, 1.82) is 0 Å². The number of ether oxygens (including phenoxy) is 1. The maximum atomic E-state index is 12.9. The van der Waals surface area contributed by atoms with Crippen LogP contribution in [-0.4, -0.2) is 44.2 Å². The molecule has 0 aliphatic carbocycles. The molecular formula is C24H29NO5S. The highest BCUT2D eigenvalue weighted by molar-refractivity contribution is 7.89. The summed E-state index contributed by atoms with van der Waals surface area (Å²) < 4.78 is 32.5. The molecule has 1 saturated heterocycles. The fourth-order valence-corrected chi connectivity index (χ4v) is 5.28. The van der Waals surface area contributed by atoms with Crippen LogP contribution in [-0.2, 0) is 19.6 Å². The summed E-state index contributed by atoms with van der Waals surface area (Å²) in [6.45, 7) is 7.77. The maximum absolute atomic E-state index is 12.9. The summed E-state index contributed by atoms with van der Waals surface area (Å²) in [6, 6.07) is 10.7. The van der Waals surface area contributed by atoms with Crippen LogP contribution >= 0.6 is 0 Å². The molecule has 1 aliphatic heterocycles. The molecule has 3 rings (SSSR count). The lowest BCUT2D eigenvalue weighted by Crippen LogP contribution is -2.40. The van der Waals surface area contributed by atoms with Crippen molar-refractivity contribution in [2.75, 3.05) is 19.7 Å². The van der Waals surface area contributed by atoms with Gasteiger partial charge in [-0.2, -0.15) is 4.31 Å². The summed E-state index contributed by atoms with van der Waals surface area (Å²) in [5.41, 5.74) is 4.33. The van der Waals surface area contributed by atoms with E-state index in [1.54, 1.807) is 24.3 Å². The third-order valence-electron chi connectivity index (χ3n) is 5.94. The van der Waals surface area contributed by atoms with Gasteiger partial charge in [-0.05, 0) is 75.4 Å². The summed E-state index contributed by atoms with van der Waals surface area (Å²) in [6.07, 6.45) is 0.751. The SMILES string of the molecule is Cc1ccc(C)c(C(=O)COC(=O)C2CCN(S(=O)(=O)c3ccc(C)c(C)c3)CC2)c1. The number of esters is 1. The van der Waals surface area contributed by atoms with E-state index in [1.165, 1.54) is 4.31 Å². The summed E-state index contributed by atoms with van der Waals surface area (Å²) in [5.74, 6) is -1.08. The van der Waals surface area contributed by atoms with E-state index in [0.717, 1.165) is 22.3 Å². The number of sulfonamides is 1. The average molecular weight is 444 g/mol. The molecule has 31 heavy (non-hydrogen) atoms. The molecule has 0 bridgehead atoms. The van der Waals surface area contributed by atoms with Gasteiger partial charge in [-0.15, -0.1) is 0 Å². The molecule has 166 valence electrons. The van der Waals surface area contributed by atoms with Gasteiger partial charge < -0.3 is 4.74 Å². The fraction of sp³-hybridized carbons (Fsp3) is 0.417. The molecule has 2 aromatic rings. The predicted octanol–water partition coefficient (Wildman–Crippen LogP) is 3.75. The number of carbonyl (C=O) groups excluding carboxylic acids is 2. The Morgan fingerprint density at radius 2 is 1.58 bits per heavy atom. The van der Waals surface area contributed by atoms with Crippen molar-refractivity contribution in [2.45, 2.75) is 45.4 Å². The molecule has 6 nitrogen and oxygen atoms in total. The third kappa shape index (κ3) is 5.22. The van der Waals surface area contributed by atoms with Gasteiger partial charge in [-0.25, -0.2) is 8.42 Å². The second-order valence-electron chi connectivity index (χ2n) is 8.27. The molecule has 7 heteroatoms. The van der Waals surface area contributed by atoms with Gasteiger partial charge in [0.25, 0.3) is 0 Å². The monoisotopic (exact) mass is 443 g/mol. The van der Waals surface area contributed by atoms with Gasteiger partial charge in [0.05, 0.1) is 10.8 Å². The second kappa shape index (κ2) is 9.32. The van der Waals surface area contributed by atoms with Crippen LogP contribution < -0.4 is 0 Å². The minimum Gasteiger partial charge on any atom is -0.457 e. The van der Waals surface area contributed by atoms with Gasteiger partial charge in [-0.1, -0.05) is 23.8 Å². The number of aryl methyl sites for hydroxylation is 4. The number of ketones is 1. The smallest absolute Gasteiger partial charge is 0.309 e. The summed E-state index contributed by atoms with van der Waals surface area (Å²) in [4.78, 5) is 25.2. The predicted molar refractivity (Wildman–Crippen MR) is 119 cm³/mol. The molecule has 0 N–H and O–H groups in total. The largest absolute Gasteiger partial charge is 0.457 e. The number of rotatable bonds is 6. The Morgan fingerprint density at radius 3 is 2.23 bits per heavy atom. The van der Waals surface area contributed by atoms with Crippen LogP contribution in [0.2, 0.25) is 0 Å². The lowest BCUT2D eigenvalue weighted by atomic mass is 9.98. The molecule has 0 unspecified atom stereocenters. The van der Waals surface area contributed by atoms with Crippen LogP contribution in [0.4, 0.5) is 0 Å². The Bertz CT molecular complexity index is 1100. The van der Waals surface area contributed by atoms with Crippen LogP contribution in [0, 0.1) is 33.6 Å². The van der Waals surface area contributed by atoms with Crippen LogP contribution in [0.5, 0.6) is 0 Å². The van der Waals surface area contributed by atoms with Gasteiger partial charge in [0.1, 0.15) is 0 Å². The zero-order valence-electron chi connectivity index (χ0n) is 18.5. The van der Waals surface area contributed by atoms with Crippen molar-refractivity contribution in [2.24, 2.45) is 5.92 Å². The first-order valence-corrected chi connectivity index (χ1v) is 11.9. The molecule has 1 aliphatic rings. The molecule has 1 heterocycles. The van der Waals surface area contributed by atoms with E-state index >= 15 is 0 Å². The van der Waals surface area contributed by atoms with E-state index in [0.29, 0.717) is 18.4 Å². The first-order valence-electron chi connectivity index (χ1n) is 10.4. The number of piperidine rings is 1. The van der Waals surface area contributed by atoms with Crippen molar-refractivity contribution in [3.8, 4) is 0 Å². The first-order chi connectivity index (χ1) is 14.6. The van der Waals surface area contributed by atoms with Crippen LogP contribution in [0.25, 0.3) is 0 Å². The van der Waals surface area contributed by atoms with Crippen LogP contribution in [0.15, 0.2) is 41.3 Å². The molecule has 2 aromatic carbocycles. The number of carbonyl (C=O) groups is 2. The molecular weight excluding hydrogens is 414 g/mol. The fourth-order valence-electron chi connectivity index (χ4n) is 3.72. The van der Waals surface area contributed by atoms with Gasteiger partial charge >= 0.3 is 5.97 Å². The van der Waals surface area contributed by atoms with E-state index in [9.17, 15) is 18.0 Å². The van der Waals surface area contributed by atoms with E-state index < -0.39 is 21.9 Å². The number of hydrogen-bond donors (Lipinski definition) is 0. The number of nitrogens with zero attached hydrogens (tertiary/aromatic N) is 1. The minimum absolute atomic E-state index is 0.232. The number of benzene rings is 2. The van der Waals surface area contributed by atoms with Gasteiger partial charge in [0.2, 0.25) is 15.8 Å². The molecule has 0 aromatic heterocycles.